The fourth-order valence-electron chi connectivity index (χ4n) is 2.88. The van der Waals surface area contributed by atoms with Crippen LogP contribution in [0.15, 0.2) is 24.3 Å². The molecule has 1 aromatic rings. The molecule has 1 fully saturated rings. The summed E-state index contributed by atoms with van der Waals surface area (Å²) in [5, 5.41) is 22.0. The van der Waals surface area contributed by atoms with Crippen LogP contribution in [0.25, 0.3) is 0 Å². The minimum atomic E-state index is -0.597. The van der Waals surface area contributed by atoms with Gasteiger partial charge in [0.15, 0.2) is 0 Å². The largest absolute Gasteiger partial charge is 0.387 e. The smallest absolute Gasteiger partial charge is 0.224 e. The predicted molar refractivity (Wildman–Crippen MR) is 84.0 cm³/mol. The fraction of sp³-hybridized carbons (Fsp3) is 0.529. The Balaban J connectivity index is 1.91. The molecule has 2 rings (SSSR count). The Kier molecular flexibility index (Phi) is 5.93. The van der Waals surface area contributed by atoms with E-state index >= 15 is 0 Å². The van der Waals surface area contributed by atoms with Gasteiger partial charge >= 0.3 is 0 Å². The van der Waals surface area contributed by atoms with Crippen LogP contribution in [-0.4, -0.2) is 42.1 Å². The second-order valence-corrected chi connectivity index (χ2v) is 5.74. The summed E-state index contributed by atoms with van der Waals surface area (Å²) in [4.78, 5) is 14.1. The summed E-state index contributed by atoms with van der Waals surface area (Å²) in [5.41, 5.74) is 1.39. The number of nitrogens with zero attached hydrogens (tertiary/aromatic N) is 2. The van der Waals surface area contributed by atoms with E-state index in [4.69, 9.17) is 5.26 Å². The van der Waals surface area contributed by atoms with Crippen molar-refractivity contribution in [2.75, 3.05) is 26.2 Å². The van der Waals surface area contributed by atoms with Crippen LogP contribution in [0.2, 0.25) is 0 Å². The zero-order valence-corrected chi connectivity index (χ0v) is 13.0. The normalized spacial score (nSPS) is 20.1. The van der Waals surface area contributed by atoms with Crippen LogP contribution in [0, 0.1) is 17.2 Å². The van der Waals surface area contributed by atoms with Gasteiger partial charge in [-0.05, 0) is 44.0 Å². The molecule has 0 bridgehead atoms. The third-order valence-electron chi connectivity index (χ3n) is 4.08. The SMILES string of the molecule is CCNC(=O)C1CCCN(CC(O)c2ccc(C#N)cc2)C1. The Morgan fingerprint density at radius 1 is 1.50 bits per heavy atom. The average molecular weight is 301 g/mol. The number of likely N-dealkylation sites (tertiary alicyclic amines) is 1. The van der Waals surface area contributed by atoms with Gasteiger partial charge in [-0.25, -0.2) is 0 Å². The molecule has 5 nitrogen and oxygen atoms in total. The van der Waals surface area contributed by atoms with Gasteiger partial charge in [0.05, 0.1) is 23.7 Å². The summed E-state index contributed by atoms with van der Waals surface area (Å²) in [6.45, 7) is 4.70. The first-order chi connectivity index (χ1) is 10.6. The van der Waals surface area contributed by atoms with Crippen molar-refractivity contribution in [1.29, 1.82) is 5.26 Å². The van der Waals surface area contributed by atoms with Crippen LogP contribution >= 0.6 is 0 Å². The summed E-state index contributed by atoms with van der Waals surface area (Å²) in [6, 6.07) is 9.07. The standard InChI is InChI=1S/C17H23N3O2/c1-2-19-17(22)15-4-3-9-20(11-15)12-16(21)14-7-5-13(10-18)6-8-14/h5-8,15-16,21H,2-4,9,11-12H2,1H3,(H,19,22). The van der Waals surface area contributed by atoms with E-state index in [2.05, 4.69) is 16.3 Å². The highest BCUT2D eigenvalue weighted by atomic mass is 16.3. The lowest BCUT2D eigenvalue weighted by Gasteiger charge is -2.33. The van der Waals surface area contributed by atoms with Gasteiger partial charge in [-0.2, -0.15) is 5.26 Å². The molecule has 1 aliphatic heterocycles. The highest BCUT2D eigenvalue weighted by Crippen LogP contribution is 2.21. The molecule has 1 heterocycles. The first kappa shape index (κ1) is 16.5. The second kappa shape index (κ2) is 7.92. The third-order valence-corrected chi connectivity index (χ3v) is 4.08. The van der Waals surface area contributed by atoms with Crippen molar-refractivity contribution in [1.82, 2.24) is 10.2 Å². The van der Waals surface area contributed by atoms with Gasteiger partial charge in [-0.15, -0.1) is 0 Å². The second-order valence-electron chi connectivity index (χ2n) is 5.74. The average Bonchev–Trinajstić information content (AvgIpc) is 2.55. The summed E-state index contributed by atoms with van der Waals surface area (Å²) < 4.78 is 0. The van der Waals surface area contributed by atoms with Crippen LogP contribution < -0.4 is 5.32 Å². The summed E-state index contributed by atoms with van der Waals surface area (Å²) in [6.07, 6.45) is 1.29. The lowest BCUT2D eigenvalue weighted by atomic mass is 9.96. The highest BCUT2D eigenvalue weighted by Gasteiger charge is 2.26. The molecule has 1 aliphatic rings. The van der Waals surface area contributed by atoms with Gasteiger partial charge in [0.1, 0.15) is 0 Å². The van der Waals surface area contributed by atoms with Crippen LogP contribution in [0.4, 0.5) is 0 Å². The number of aliphatic hydroxyl groups excluding tert-OH is 1. The molecule has 1 aromatic carbocycles. The van der Waals surface area contributed by atoms with Gasteiger partial charge in [-0.3, -0.25) is 9.69 Å². The number of hydrogen-bond donors (Lipinski definition) is 2. The maximum atomic E-state index is 11.9. The number of β-amino-alcohol motifs (C(OH)–C–C–N with tert-alkyl or cyclic N) is 1. The predicted octanol–water partition coefficient (Wildman–Crippen LogP) is 1.44. The van der Waals surface area contributed by atoms with Crippen molar-refractivity contribution in [2.24, 2.45) is 5.92 Å². The molecule has 2 N–H and O–H groups in total. The Hall–Kier alpha value is -1.90. The molecule has 118 valence electrons. The first-order valence-corrected chi connectivity index (χ1v) is 7.82. The topological polar surface area (TPSA) is 76.4 Å². The molecule has 0 aliphatic carbocycles. The number of nitriles is 1. The first-order valence-electron chi connectivity index (χ1n) is 7.82. The van der Waals surface area contributed by atoms with E-state index in [1.807, 2.05) is 6.92 Å². The van der Waals surface area contributed by atoms with Crippen molar-refractivity contribution < 1.29 is 9.90 Å². The van der Waals surface area contributed by atoms with Crippen molar-refractivity contribution >= 4 is 5.91 Å². The summed E-state index contributed by atoms with van der Waals surface area (Å²) in [7, 11) is 0. The molecule has 2 atom stereocenters. The molecule has 0 radical (unpaired) electrons. The Morgan fingerprint density at radius 3 is 2.86 bits per heavy atom. The van der Waals surface area contributed by atoms with Gasteiger partial charge in [0.2, 0.25) is 5.91 Å². The number of benzene rings is 1. The Morgan fingerprint density at radius 2 is 2.23 bits per heavy atom. The van der Waals surface area contributed by atoms with Crippen LogP contribution in [0.3, 0.4) is 0 Å². The third kappa shape index (κ3) is 4.30. The fourth-order valence-corrected chi connectivity index (χ4v) is 2.88. The van der Waals surface area contributed by atoms with E-state index in [0.29, 0.717) is 25.2 Å². The quantitative estimate of drug-likeness (QED) is 0.863. The van der Waals surface area contributed by atoms with Gasteiger partial charge in [0.25, 0.3) is 0 Å². The van der Waals surface area contributed by atoms with E-state index in [-0.39, 0.29) is 11.8 Å². The molecular weight excluding hydrogens is 278 g/mol. The zero-order chi connectivity index (χ0) is 15.9. The van der Waals surface area contributed by atoms with Crippen LogP contribution in [0.1, 0.15) is 37.0 Å². The molecule has 2 unspecified atom stereocenters. The molecular formula is C17H23N3O2. The van der Waals surface area contributed by atoms with E-state index in [1.165, 1.54) is 0 Å². The number of carbonyl (C=O) groups excluding carboxylic acids is 1. The molecule has 0 spiro atoms. The summed E-state index contributed by atoms with van der Waals surface area (Å²) in [5.74, 6) is 0.127. The Bertz CT molecular complexity index is 536. The number of carbonyl (C=O) groups is 1. The molecule has 0 saturated carbocycles. The van der Waals surface area contributed by atoms with Gasteiger partial charge in [0, 0.05) is 19.6 Å². The maximum absolute atomic E-state index is 11.9. The van der Waals surface area contributed by atoms with Crippen molar-refractivity contribution in [3.05, 3.63) is 35.4 Å². The van der Waals surface area contributed by atoms with Crippen molar-refractivity contribution in [3.63, 3.8) is 0 Å². The molecule has 5 heteroatoms. The number of piperidine rings is 1. The molecule has 0 aromatic heterocycles. The molecule has 1 amide bonds. The van der Waals surface area contributed by atoms with Gasteiger partial charge in [-0.1, -0.05) is 12.1 Å². The lowest BCUT2D eigenvalue weighted by Crippen LogP contribution is -2.44. The van der Waals surface area contributed by atoms with E-state index < -0.39 is 6.10 Å². The zero-order valence-electron chi connectivity index (χ0n) is 13.0. The molecule has 1 saturated heterocycles. The lowest BCUT2D eigenvalue weighted by molar-refractivity contribution is -0.126. The number of rotatable bonds is 5. The number of amides is 1. The maximum Gasteiger partial charge on any atom is 0.224 e. The van der Waals surface area contributed by atoms with Crippen molar-refractivity contribution in [2.45, 2.75) is 25.9 Å². The van der Waals surface area contributed by atoms with Crippen LogP contribution in [-0.2, 0) is 4.79 Å². The van der Waals surface area contributed by atoms with Crippen LogP contribution in [0.5, 0.6) is 0 Å². The number of aliphatic hydroxyl groups is 1. The minimum Gasteiger partial charge on any atom is -0.387 e. The van der Waals surface area contributed by atoms with Gasteiger partial charge < -0.3 is 10.4 Å². The van der Waals surface area contributed by atoms with Crippen molar-refractivity contribution in [3.8, 4) is 6.07 Å². The molecule has 22 heavy (non-hydrogen) atoms. The summed E-state index contributed by atoms with van der Waals surface area (Å²) >= 11 is 0. The number of nitrogens with one attached hydrogen (secondary N) is 1. The minimum absolute atomic E-state index is 0.0156. The van der Waals surface area contributed by atoms with E-state index in [9.17, 15) is 9.90 Å². The van der Waals surface area contributed by atoms with E-state index in [0.717, 1.165) is 24.9 Å². The van der Waals surface area contributed by atoms with E-state index in [1.54, 1.807) is 24.3 Å². The monoisotopic (exact) mass is 301 g/mol. The Labute approximate surface area is 131 Å². The highest BCUT2D eigenvalue weighted by molar-refractivity contribution is 5.78. The number of hydrogen-bond acceptors (Lipinski definition) is 4.